The van der Waals surface area contributed by atoms with Gasteiger partial charge in [-0.1, -0.05) is 48.0 Å². The van der Waals surface area contributed by atoms with E-state index < -0.39 is 17.7 Å². The second-order valence-electron chi connectivity index (χ2n) is 10.0. The maximum atomic E-state index is 13.3. The molecule has 0 unspecified atom stereocenters. The largest absolute Gasteiger partial charge is 0.490 e. The number of fused-ring (bicyclic) bond motifs is 1. The Morgan fingerprint density at radius 2 is 1.88 bits per heavy atom. The van der Waals surface area contributed by atoms with Crippen molar-refractivity contribution in [2.45, 2.75) is 57.0 Å². The van der Waals surface area contributed by atoms with Crippen LogP contribution in [-0.4, -0.2) is 62.6 Å². The molecule has 1 amide bonds. The Kier molecular flexibility index (Phi) is 8.13. The molecule has 0 aliphatic carbocycles. The van der Waals surface area contributed by atoms with Gasteiger partial charge in [0, 0.05) is 36.2 Å². The SMILES string of the molecule is C[C@H]1C[C@@H](N2C(=O)C[C@@](C)(c3cccc(-c4cccc5cnn(C)c45)c3Cl)N=C2N)CCO1.O=C(O)C(F)(F)F. The number of alkyl halides is 3. The predicted molar refractivity (Wildman–Crippen MR) is 144 cm³/mol. The lowest BCUT2D eigenvalue weighted by Crippen LogP contribution is -2.56. The minimum atomic E-state index is -5.08. The van der Waals surface area contributed by atoms with Gasteiger partial charge in [-0.2, -0.15) is 18.3 Å². The Morgan fingerprint density at radius 1 is 1.23 bits per heavy atom. The number of aromatic nitrogens is 2. The topological polar surface area (TPSA) is 123 Å². The van der Waals surface area contributed by atoms with Gasteiger partial charge < -0.3 is 15.6 Å². The summed E-state index contributed by atoms with van der Waals surface area (Å²) in [6.07, 6.45) is -1.43. The van der Waals surface area contributed by atoms with Crippen LogP contribution in [-0.2, 0) is 26.9 Å². The fourth-order valence-electron chi connectivity index (χ4n) is 5.22. The van der Waals surface area contributed by atoms with Gasteiger partial charge in [-0.05, 0) is 32.3 Å². The molecule has 2 aliphatic rings. The average Bonchev–Trinajstić information content (AvgIpc) is 3.24. The molecule has 2 aliphatic heterocycles. The summed E-state index contributed by atoms with van der Waals surface area (Å²) < 4.78 is 39.2. The third-order valence-corrected chi connectivity index (χ3v) is 7.47. The summed E-state index contributed by atoms with van der Waals surface area (Å²) in [7, 11) is 1.92. The van der Waals surface area contributed by atoms with Crippen LogP contribution >= 0.6 is 11.6 Å². The third kappa shape index (κ3) is 5.78. The number of carboxylic acid groups (broad SMARTS) is 1. The Bertz CT molecular complexity index is 1470. The molecular formula is C27H29ClF3N5O4. The molecule has 0 radical (unpaired) electrons. The number of benzene rings is 2. The number of nitrogens with zero attached hydrogens (tertiary/aromatic N) is 4. The van der Waals surface area contributed by atoms with Crippen LogP contribution in [0.2, 0.25) is 5.02 Å². The lowest BCUT2D eigenvalue weighted by Gasteiger charge is -2.41. The first-order chi connectivity index (χ1) is 18.7. The van der Waals surface area contributed by atoms with Gasteiger partial charge in [0.1, 0.15) is 0 Å². The first kappa shape index (κ1) is 29.3. The number of hydrogen-bond donors (Lipinski definition) is 2. The normalized spacial score (nSPS) is 23.4. The van der Waals surface area contributed by atoms with Crippen molar-refractivity contribution in [1.82, 2.24) is 14.7 Å². The lowest BCUT2D eigenvalue weighted by atomic mass is 9.85. The molecule has 0 bridgehead atoms. The number of halogens is 4. The molecule has 3 aromatic rings. The van der Waals surface area contributed by atoms with Crippen LogP contribution in [0.5, 0.6) is 0 Å². The van der Waals surface area contributed by atoms with Gasteiger partial charge in [0.2, 0.25) is 5.91 Å². The number of guanidine groups is 1. The highest BCUT2D eigenvalue weighted by molar-refractivity contribution is 6.34. The van der Waals surface area contributed by atoms with E-state index in [4.69, 9.17) is 37.0 Å². The van der Waals surface area contributed by atoms with Crippen molar-refractivity contribution >= 4 is 40.3 Å². The molecule has 1 aromatic heterocycles. The molecule has 1 saturated heterocycles. The van der Waals surface area contributed by atoms with Crippen LogP contribution in [0.4, 0.5) is 13.2 Å². The molecule has 9 nitrogen and oxygen atoms in total. The minimum absolute atomic E-state index is 0.0128. The van der Waals surface area contributed by atoms with Crippen molar-refractivity contribution in [3.8, 4) is 11.1 Å². The van der Waals surface area contributed by atoms with E-state index >= 15 is 0 Å². The smallest absolute Gasteiger partial charge is 0.475 e. The highest BCUT2D eigenvalue weighted by atomic mass is 35.5. The van der Waals surface area contributed by atoms with E-state index in [9.17, 15) is 18.0 Å². The van der Waals surface area contributed by atoms with E-state index in [1.165, 1.54) is 0 Å². The number of hydrogen-bond acceptors (Lipinski definition) is 6. The van der Waals surface area contributed by atoms with Gasteiger partial charge >= 0.3 is 12.1 Å². The number of aryl methyl sites for hydroxylation is 1. The second-order valence-corrected chi connectivity index (χ2v) is 10.4. The second kappa shape index (κ2) is 11.1. The number of carboxylic acids is 1. The molecule has 3 atom stereocenters. The number of nitrogens with two attached hydrogens (primary N) is 1. The fourth-order valence-corrected chi connectivity index (χ4v) is 5.65. The number of rotatable bonds is 3. The zero-order valence-corrected chi connectivity index (χ0v) is 22.8. The summed E-state index contributed by atoms with van der Waals surface area (Å²) >= 11 is 7.00. The number of ether oxygens (including phenoxy) is 1. The van der Waals surface area contributed by atoms with Crippen molar-refractivity contribution in [2.75, 3.05) is 6.61 Å². The monoisotopic (exact) mass is 579 g/mol. The summed E-state index contributed by atoms with van der Waals surface area (Å²) in [6, 6.07) is 12.0. The highest BCUT2D eigenvalue weighted by Crippen LogP contribution is 2.43. The maximum absolute atomic E-state index is 13.3. The molecule has 3 N–H and O–H groups in total. The number of aliphatic carboxylic acids is 1. The summed E-state index contributed by atoms with van der Waals surface area (Å²) in [6.45, 7) is 4.57. The molecule has 40 heavy (non-hydrogen) atoms. The van der Waals surface area contributed by atoms with Crippen LogP contribution in [0.3, 0.4) is 0 Å². The molecule has 0 spiro atoms. The zero-order chi connectivity index (χ0) is 29.4. The summed E-state index contributed by atoms with van der Waals surface area (Å²) in [5, 5.41) is 13.1. The number of para-hydroxylation sites is 1. The van der Waals surface area contributed by atoms with Crippen LogP contribution in [0.1, 0.15) is 38.7 Å². The molecule has 5 rings (SSSR count). The number of aliphatic imine (C=N–C) groups is 1. The summed E-state index contributed by atoms with van der Waals surface area (Å²) in [4.78, 5) is 28.7. The third-order valence-electron chi connectivity index (χ3n) is 7.07. The summed E-state index contributed by atoms with van der Waals surface area (Å²) in [5.41, 5.74) is 9.21. The quantitative estimate of drug-likeness (QED) is 0.457. The van der Waals surface area contributed by atoms with Gasteiger partial charge in [0.25, 0.3) is 0 Å². The van der Waals surface area contributed by atoms with Gasteiger partial charge in [-0.15, -0.1) is 0 Å². The first-order valence-corrected chi connectivity index (χ1v) is 12.9. The van der Waals surface area contributed by atoms with E-state index in [2.05, 4.69) is 5.10 Å². The minimum Gasteiger partial charge on any atom is -0.475 e. The number of carbonyl (C=O) groups is 2. The Hall–Kier alpha value is -3.64. The van der Waals surface area contributed by atoms with Crippen molar-refractivity contribution in [3.05, 3.63) is 53.2 Å². The summed E-state index contributed by atoms with van der Waals surface area (Å²) in [5.74, 6) is -2.53. The van der Waals surface area contributed by atoms with Gasteiger partial charge in [0.05, 0.1) is 34.8 Å². The predicted octanol–water partition coefficient (Wildman–Crippen LogP) is 4.86. The molecule has 2 aromatic carbocycles. The van der Waals surface area contributed by atoms with Crippen LogP contribution in [0.15, 0.2) is 47.6 Å². The first-order valence-electron chi connectivity index (χ1n) is 12.5. The Labute approximate surface area is 233 Å². The molecule has 13 heteroatoms. The van der Waals surface area contributed by atoms with Crippen LogP contribution < -0.4 is 5.73 Å². The fraction of sp³-hybridized carbons (Fsp3) is 0.407. The van der Waals surface area contributed by atoms with Crippen LogP contribution in [0, 0.1) is 0 Å². The van der Waals surface area contributed by atoms with Crippen molar-refractivity contribution < 1.29 is 32.6 Å². The standard InChI is InChI=1S/C25H28ClN5O2.C2HF3O2/c1-15-12-17(10-11-33-15)31-21(32)13-25(2,29-24(31)27)20-9-5-7-18(22(20)26)19-8-4-6-16-14-28-30(3)23(16)19;3-2(4,5)1(6)7/h4-9,14-15,17H,10-13H2,1-3H3,(H2,27,29);(H,6,7)/t15-,17-,25-;/m0./s1. The maximum Gasteiger partial charge on any atom is 0.490 e. The Balaban J connectivity index is 0.000000470. The van der Waals surface area contributed by atoms with Gasteiger partial charge in [-0.25, -0.2) is 9.79 Å². The highest BCUT2D eigenvalue weighted by Gasteiger charge is 2.42. The molecule has 214 valence electrons. The molecule has 0 saturated carbocycles. The van der Waals surface area contributed by atoms with E-state index in [0.29, 0.717) is 11.6 Å². The lowest BCUT2D eigenvalue weighted by molar-refractivity contribution is -0.192. The zero-order valence-electron chi connectivity index (χ0n) is 22.1. The molecule has 3 heterocycles. The molecule has 1 fully saturated rings. The van der Waals surface area contributed by atoms with Gasteiger partial charge in [0.15, 0.2) is 5.96 Å². The molecular weight excluding hydrogens is 551 g/mol. The van der Waals surface area contributed by atoms with E-state index in [1.807, 2.05) is 68.2 Å². The van der Waals surface area contributed by atoms with Crippen LogP contribution in [0.25, 0.3) is 22.0 Å². The van der Waals surface area contributed by atoms with E-state index in [-0.39, 0.29) is 30.4 Å². The Morgan fingerprint density at radius 3 is 2.50 bits per heavy atom. The number of amides is 1. The van der Waals surface area contributed by atoms with Gasteiger partial charge in [-0.3, -0.25) is 14.4 Å². The van der Waals surface area contributed by atoms with Crippen molar-refractivity contribution in [3.63, 3.8) is 0 Å². The number of carbonyl (C=O) groups excluding carboxylic acids is 1. The van der Waals surface area contributed by atoms with E-state index in [1.54, 1.807) is 4.90 Å². The van der Waals surface area contributed by atoms with Crippen molar-refractivity contribution in [2.24, 2.45) is 17.8 Å². The van der Waals surface area contributed by atoms with Crippen molar-refractivity contribution in [1.29, 1.82) is 0 Å². The van der Waals surface area contributed by atoms with E-state index in [0.717, 1.165) is 40.4 Å². The average molecular weight is 580 g/mol.